The molecule has 4 heteroatoms. The highest BCUT2D eigenvalue weighted by Crippen LogP contribution is 2.47. The molecular weight excluding hydrogens is 244 g/mol. The summed E-state index contributed by atoms with van der Waals surface area (Å²) in [7, 11) is 0. The molecule has 106 valence electrons. The Morgan fingerprint density at radius 3 is 2.58 bits per heavy atom. The number of aliphatic hydroxyl groups excluding tert-OH is 2. The summed E-state index contributed by atoms with van der Waals surface area (Å²) in [5.41, 5.74) is -0.557. The maximum absolute atomic E-state index is 11.9. The van der Waals surface area contributed by atoms with Gasteiger partial charge in [-0.2, -0.15) is 0 Å². The Balaban J connectivity index is 2.34. The molecule has 4 unspecified atom stereocenters. The van der Waals surface area contributed by atoms with E-state index in [-0.39, 0.29) is 11.9 Å². The predicted molar refractivity (Wildman–Crippen MR) is 71.6 cm³/mol. The van der Waals surface area contributed by atoms with Crippen molar-refractivity contribution in [2.45, 2.75) is 58.0 Å². The van der Waals surface area contributed by atoms with E-state index in [9.17, 15) is 15.0 Å². The molecular formula is C15H22O4. The zero-order chi connectivity index (χ0) is 14.4. The molecule has 0 radical (unpaired) electrons. The van der Waals surface area contributed by atoms with Crippen LogP contribution < -0.4 is 0 Å². The molecule has 4 atom stereocenters. The highest BCUT2D eigenvalue weighted by molar-refractivity contribution is 6.03. The van der Waals surface area contributed by atoms with Gasteiger partial charge in [-0.25, -0.2) is 0 Å². The third-order valence-electron chi connectivity index (χ3n) is 4.10. The molecule has 0 spiro atoms. The van der Waals surface area contributed by atoms with Crippen molar-refractivity contribution in [2.24, 2.45) is 5.41 Å². The first-order valence-electron chi connectivity index (χ1n) is 6.62. The smallest absolute Gasteiger partial charge is 0.181 e. The van der Waals surface area contributed by atoms with Gasteiger partial charge in [-0.05, 0) is 31.6 Å². The molecule has 0 aromatic carbocycles. The highest BCUT2D eigenvalue weighted by Gasteiger charge is 2.59. The van der Waals surface area contributed by atoms with E-state index in [0.29, 0.717) is 12.0 Å². The number of aliphatic hydroxyl groups is 2. The van der Waals surface area contributed by atoms with Gasteiger partial charge in [-0.3, -0.25) is 4.79 Å². The molecule has 1 fully saturated rings. The number of rotatable bonds is 0. The number of hydrogen-bond donors (Lipinski definition) is 2. The quantitative estimate of drug-likeness (QED) is 0.650. The maximum atomic E-state index is 11.9. The summed E-state index contributed by atoms with van der Waals surface area (Å²) in [6, 6.07) is 0. The predicted octanol–water partition coefficient (Wildman–Crippen LogP) is 1.37. The Hall–Kier alpha value is -0.970. The van der Waals surface area contributed by atoms with E-state index in [1.807, 2.05) is 20.8 Å². The average Bonchev–Trinajstić information content (AvgIpc) is 2.95. The first-order valence-corrected chi connectivity index (χ1v) is 6.62. The Morgan fingerprint density at radius 1 is 1.32 bits per heavy atom. The fourth-order valence-corrected chi connectivity index (χ4v) is 2.57. The number of carbonyl (C=O) groups is 1. The second-order valence-corrected chi connectivity index (χ2v) is 6.44. The molecule has 0 amide bonds. The molecule has 1 saturated heterocycles. The van der Waals surface area contributed by atoms with Crippen molar-refractivity contribution < 1.29 is 19.7 Å². The van der Waals surface area contributed by atoms with Crippen molar-refractivity contribution in [2.75, 3.05) is 0 Å². The molecule has 0 aromatic rings. The summed E-state index contributed by atoms with van der Waals surface area (Å²) in [6.45, 7) is 7.31. The van der Waals surface area contributed by atoms with Gasteiger partial charge in [0.2, 0.25) is 0 Å². The first-order chi connectivity index (χ1) is 8.66. The van der Waals surface area contributed by atoms with Crippen LogP contribution in [0.25, 0.3) is 0 Å². The normalized spacial score (nSPS) is 42.1. The molecule has 1 heterocycles. The van der Waals surface area contributed by atoms with Gasteiger partial charge in [0.05, 0.1) is 17.8 Å². The summed E-state index contributed by atoms with van der Waals surface area (Å²) < 4.78 is 5.60. The van der Waals surface area contributed by atoms with Gasteiger partial charge in [-0.15, -0.1) is 0 Å². The second kappa shape index (κ2) is 4.54. The third-order valence-corrected chi connectivity index (χ3v) is 4.10. The van der Waals surface area contributed by atoms with Crippen molar-refractivity contribution in [3.8, 4) is 0 Å². The van der Waals surface area contributed by atoms with Gasteiger partial charge in [0.25, 0.3) is 0 Å². The van der Waals surface area contributed by atoms with Crippen molar-refractivity contribution in [1.82, 2.24) is 0 Å². The Bertz CT molecular complexity index is 449. The van der Waals surface area contributed by atoms with E-state index in [1.165, 1.54) is 6.08 Å². The van der Waals surface area contributed by atoms with Crippen LogP contribution in [-0.4, -0.2) is 39.9 Å². The van der Waals surface area contributed by atoms with Crippen LogP contribution in [0.15, 0.2) is 23.8 Å². The molecule has 0 aromatic heterocycles. The fourth-order valence-electron chi connectivity index (χ4n) is 2.57. The topological polar surface area (TPSA) is 70.1 Å². The molecule has 2 aliphatic rings. The maximum Gasteiger partial charge on any atom is 0.181 e. The van der Waals surface area contributed by atoms with Gasteiger partial charge in [0, 0.05) is 11.8 Å². The summed E-state index contributed by atoms with van der Waals surface area (Å²) in [6.07, 6.45) is 3.39. The molecule has 0 saturated carbocycles. The zero-order valence-corrected chi connectivity index (χ0v) is 11.9. The minimum Gasteiger partial charge on any atom is -0.389 e. The van der Waals surface area contributed by atoms with Crippen LogP contribution in [0.4, 0.5) is 0 Å². The van der Waals surface area contributed by atoms with Gasteiger partial charge >= 0.3 is 0 Å². The minimum atomic E-state index is -0.735. The number of epoxide rings is 1. The van der Waals surface area contributed by atoms with Crippen LogP contribution >= 0.6 is 0 Å². The van der Waals surface area contributed by atoms with Gasteiger partial charge in [-0.1, -0.05) is 19.9 Å². The van der Waals surface area contributed by atoms with E-state index >= 15 is 0 Å². The van der Waals surface area contributed by atoms with Crippen LogP contribution in [-0.2, 0) is 9.53 Å². The lowest BCUT2D eigenvalue weighted by atomic mass is 9.81. The second-order valence-electron chi connectivity index (χ2n) is 6.44. The van der Waals surface area contributed by atoms with Crippen molar-refractivity contribution in [3.05, 3.63) is 23.8 Å². The lowest BCUT2D eigenvalue weighted by molar-refractivity contribution is -0.111. The standard InChI is InChI=1S/C15H22O4/c1-9-7-10(16)8-15(4)13(19-15)12(18)14(2,3)6-5-11(9)17/h5-7,10,12-13,16,18H,8H2,1-4H3. The number of hydrogen-bond acceptors (Lipinski definition) is 4. The average molecular weight is 266 g/mol. The lowest BCUT2D eigenvalue weighted by Crippen LogP contribution is -2.36. The van der Waals surface area contributed by atoms with Gasteiger partial charge in [0.1, 0.15) is 6.10 Å². The van der Waals surface area contributed by atoms with Crippen molar-refractivity contribution in [3.63, 3.8) is 0 Å². The molecule has 1 aliphatic heterocycles. The zero-order valence-electron chi connectivity index (χ0n) is 11.9. The SMILES string of the molecule is CC1=CC(O)CC2(C)OC2C(O)C(C)(C)C=CC1=O. The summed E-state index contributed by atoms with van der Waals surface area (Å²) in [5, 5.41) is 20.4. The minimum absolute atomic E-state index is 0.138. The number of ether oxygens (including phenoxy) is 1. The van der Waals surface area contributed by atoms with E-state index in [4.69, 9.17) is 4.74 Å². The summed E-state index contributed by atoms with van der Waals surface area (Å²) >= 11 is 0. The van der Waals surface area contributed by atoms with Crippen LogP contribution in [0.1, 0.15) is 34.1 Å². The number of carbonyl (C=O) groups excluding carboxylic acids is 1. The monoisotopic (exact) mass is 266 g/mol. The van der Waals surface area contributed by atoms with Crippen molar-refractivity contribution >= 4 is 5.78 Å². The van der Waals surface area contributed by atoms with E-state index in [1.54, 1.807) is 19.1 Å². The Labute approximate surface area is 113 Å². The molecule has 1 aliphatic carbocycles. The third kappa shape index (κ3) is 2.81. The van der Waals surface area contributed by atoms with E-state index in [0.717, 1.165) is 0 Å². The van der Waals surface area contributed by atoms with Crippen molar-refractivity contribution in [1.29, 1.82) is 0 Å². The lowest BCUT2D eigenvalue weighted by Gasteiger charge is -2.26. The molecule has 2 rings (SSSR count). The fraction of sp³-hybridized carbons (Fsp3) is 0.667. The number of ketones is 1. The molecule has 4 nitrogen and oxygen atoms in total. The largest absolute Gasteiger partial charge is 0.389 e. The summed E-state index contributed by atoms with van der Waals surface area (Å²) in [5.74, 6) is -0.138. The van der Waals surface area contributed by atoms with E-state index < -0.39 is 23.2 Å². The van der Waals surface area contributed by atoms with Crippen LogP contribution in [0.2, 0.25) is 0 Å². The molecule has 2 N–H and O–H groups in total. The van der Waals surface area contributed by atoms with E-state index in [2.05, 4.69) is 0 Å². The Morgan fingerprint density at radius 2 is 1.95 bits per heavy atom. The Kier molecular flexibility index (Phi) is 3.45. The van der Waals surface area contributed by atoms with Crippen LogP contribution in [0.5, 0.6) is 0 Å². The number of allylic oxidation sites excluding steroid dienone is 2. The van der Waals surface area contributed by atoms with Gasteiger partial charge < -0.3 is 14.9 Å². The van der Waals surface area contributed by atoms with Crippen LogP contribution in [0, 0.1) is 5.41 Å². The highest BCUT2D eigenvalue weighted by atomic mass is 16.6. The molecule has 0 bridgehead atoms. The number of fused-ring (bicyclic) bond motifs is 1. The first kappa shape index (κ1) is 14.4. The van der Waals surface area contributed by atoms with Crippen LogP contribution in [0.3, 0.4) is 0 Å². The molecule has 19 heavy (non-hydrogen) atoms. The summed E-state index contributed by atoms with van der Waals surface area (Å²) in [4.78, 5) is 11.9. The van der Waals surface area contributed by atoms with Gasteiger partial charge in [0.15, 0.2) is 5.78 Å².